The summed E-state index contributed by atoms with van der Waals surface area (Å²) in [4.78, 5) is 0. The minimum Gasteiger partial charge on any atom is -0.316 e. The normalized spacial score (nSPS) is 32.9. The van der Waals surface area contributed by atoms with Gasteiger partial charge in [-0.3, -0.25) is 0 Å². The molecule has 1 aliphatic carbocycles. The minimum absolute atomic E-state index is 0.265. The number of hydrogen-bond acceptors (Lipinski definition) is 1. The van der Waals surface area contributed by atoms with E-state index in [1.807, 2.05) is 0 Å². The second-order valence-corrected chi connectivity index (χ2v) is 4.41. The Balaban J connectivity index is 2.10. The average Bonchev–Trinajstić information content (AvgIpc) is 2.78. The van der Waals surface area contributed by atoms with Gasteiger partial charge in [0.1, 0.15) is 0 Å². The van der Waals surface area contributed by atoms with Crippen molar-refractivity contribution < 1.29 is 13.2 Å². The summed E-state index contributed by atoms with van der Waals surface area (Å²) >= 11 is 0. The van der Waals surface area contributed by atoms with Crippen LogP contribution < -0.4 is 5.32 Å². The number of piperidine rings is 1. The van der Waals surface area contributed by atoms with E-state index in [0.717, 1.165) is 19.0 Å². The molecular weight excluding hydrogens is 203 g/mol. The Bertz CT molecular complexity index is 432. The maximum Gasteiger partial charge on any atom is 0.194 e. The number of benzene rings is 1. The van der Waals surface area contributed by atoms with E-state index in [1.54, 1.807) is 0 Å². The lowest BCUT2D eigenvalue weighted by atomic mass is 9.94. The first-order chi connectivity index (χ1) is 7.15. The monoisotopic (exact) mass is 213 g/mol. The van der Waals surface area contributed by atoms with Gasteiger partial charge < -0.3 is 5.32 Å². The molecule has 0 radical (unpaired) electrons. The molecule has 1 aromatic carbocycles. The lowest BCUT2D eigenvalue weighted by Gasteiger charge is -2.13. The first kappa shape index (κ1) is 9.21. The molecule has 15 heavy (non-hydrogen) atoms. The third kappa shape index (κ3) is 1.08. The van der Waals surface area contributed by atoms with E-state index in [2.05, 4.69) is 5.32 Å². The van der Waals surface area contributed by atoms with Crippen LogP contribution in [0.1, 0.15) is 12.0 Å². The highest BCUT2D eigenvalue weighted by molar-refractivity contribution is 5.38. The van der Waals surface area contributed by atoms with Crippen LogP contribution in [0, 0.1) is 23.4 Å². The van der Waals surface area contributed by atoms with Crippen molar-refractivity contribution in [3.05, 3.63) is 35.1 Å². The number of halogens is 3. The maximum absolute atomic E-state index is 13.5. The van der Waals surface area contributed by atoms with E-state index >= 15 is 0 Å². The molecule has 80 valence electrons. The van der Waals surface area contributed by atoms with Crippen molar-refractivity contribution in [2.75, 3.05) is 13.1 Å². The molecule has 0 unspecified atom stereocenters. The third-order valence-corrected chi connectivity index (χ3v) is 3.63. The molecule has 0 spiro atoms. The van der Waals surface area contributed by atoms with Crippen molar-refractivity contribution in [1.82, 2.24) is 5.32 Å². The molecule has 1 heterocycles. The van der Waals surface area contributed by atoms with E-state index in [-0.39, 0.29) is 5.41 Å². The molecule has 2 aliphatic rings. The van der Waals surface area contributed by atoms with Crippen molar-refractivity contribution >= 4 is 0 Å². The molecule has 1 saturated carbocycles. The van der Waals surface area contributed by atoms with E-state index in [1.165, 1.54) is 6.07 Å². The van der Waals surface area contributed by atoms with E-state index in [4.69, 9.17) is 0 Å². The molecule has 0 aromatic heterocycles. The molecule has 3 rings (SSSR count). The van der Waals surface area contributed by atoms with Crippen LogP contribution in [0.4, 0.5) is 13.2 Å². The van der Waals surface area contributed by atoms with E-state index in [0.29, 0.717) is 18.0 Å². The number of fused-ring (bicyclic) bond motifs is 1. The molecule has 1 nitrogen and oxygen atoms in total. The zero-order valence-electron chi connectivity index (χ0n) is 7.99. The van der Waals surface area contributed by atoms with Gasteiger partial charge in [-0.25, -0.2) is 13.2 Å². The van der Waals surface area contributed by atoms with Gasteiger partial charge in [0, 0.05) is 12.0 Å². The summed E-state index contributed by atoms with van der Waals surface area (Å²) in [5.74, 6) is -3.09. The largest absolute Gasteiger partial charge is 0.316 e. The van der Waals surface area contributed by atoms with E-state index < -0.39 is 17.5 Å². The van der Waals surface area contributed by atoms with Gasteiger partial charge in [-0.05, 0) is 30.5 Å². The highest BCUT2D eigenvalue weighted by atomic mass is 19.2. The lowest BCUT2D eigenvalue weighted by Crippen LogP contribution is -2.21. The van der Waals surface area contributed by atoms with Gasteiger partial charge in [-0.15, -0.1) is 0 Å². The minimum atomic E-state index is -1.35. The van der Waals surface area contributed by atoms with Crippen LogP contribution in [0.25, 0.3) is 0 Å². The average molecular weight is 213 g/mol. The molecule has 0 amide bonds. The predicted molar refractivity (Wildman–Crippen MR) is 49.0 cm³/mol. The van der Waals surface area contributed by atoms with Gasteiger partial charge in [0.2, 0.25) is 0 Å². The number of rotatable bonds is 1. The highest BCUT2D eigenvalue weighted by Crippen LogP contribution is 2.57. The summed E-state index contributed by atoms with van der Waals surface area (Å²) in [5.41, 5.74) is 0.0647. The zero-order valence-corrected chi connectivity index (χ0v) is 7.99. The van der Waals surface area contributed by atoms with Crippen LogP contribution >= 0.6 is 0 Å². The number of hydrogen-bond donors (Lipinski definition) is 1. The Morgan fingerprint density at radius 1 is 1.20 bits per heavy atom. The van der Waals surface area contributed by atoms with Gasteiger partial charge in [0.05, 0.1) is 0 Å². The fourth-order valence-corrected chi connectivity index (χ4v) is 2.67. The molecule has 2 fully saturated rings. The molecule has 1 saturated heterocycles. The van der Waals surface area contributed by atoms with Crippen molar-refractivity contribution in [3.63, 3.8) is 0 Å². The summed E-state index contributed by atoms with van der Waals surface area (Å²) in [5, 5.41) is 3.14. The SMILES string of the molecule is Fc1ccc([C@@]23CNC[C@@H]2C3)c(F)c1F. The van der Waals surface area contributed by atoms with Gasteiger partial charge in [-0.1, -0.05) is 6.07 Å². The first-order valence-corrected chi connectivity index (χ1v) is 5.00. The van der Waals surface area contributed by atoms with Crippen LogP contribution in [0.3, 0.4) is 0 Å². The smallest absolute Gasteiger partial charge is 0.194 e. The van der Waals surface area contributed by atoms with Gasteiger partial charge in [0.15, 0.2) is 17.5 Å². The Hall–Kier alpha value is -1.03. The summed E-state index contributed by atoms with van der Waals surface area (Å²) in [6.45, 7) is 1.51. The summed E-state index contributed by atoms with van der Waals surface area (Å²) in [7, 11) is 0. The van der Waals surface area contributed by atoms with Crippen LogP contribution in [0.5, 0.6) is 0 Å². The molecule has 0 bridgehead atoms. The Morgan fingerprint density at radius 2 is 2.00 bits per heavy atom. The molecule has 4 heteroatoms. The van der Waals surface area contributed by atoms with Crippen molar-refractivity contribution in [2.24, 2.45) is 5.92 Å². The van der Waals surface area contributed by atoms with Crippen LogP contribution in [-0.2, 0) is 5.41 Å². The van der Waals surface area contributed by atoms with Crippen molar-refractivity contribution in [1.29, 1.82) is 0 Å². The van der Waals surface area contributed by atoms with Crippen molar-refractivity contribution in [3.8, 4) is 0 Å². The summed E-state index contributed by atoms with van der Waals surface area (Å²) in [6.07, 6.45) is 0.877. The predicted octanol–water partition coefficient (Wildman–Crippen LogP) is 1.96. The summed E-state index contributed by atoms with van der Waals surface area (Å²) < 4.78 is 39.4. The second-order valence-electron chi connectivity index (χ2n) is 4.41. The molecule has 2 atom stereocenters. The first-order valence-electron chi connectivity index (χ1n) is 5.00. The molecular formula is C11H10F3N. The van der Waals surface area contributed by atoms with Gasteiger partial charge >= 0.3 is 0 Å². The standard InChI is InChI=1S/C11H10F3N/c12-8-2-1-7(9(13)10(8)14)11-3-6(11)4-15-5-11/h1-2,6,15H,3-5H2/t6-,11-/m0/s1. The quantitative estimate of drug-likeness (QED) is 0.703. The summed E-state index contributed by atoms with van der Waals surface area (Å²) in [6, 6.07) is 2.39. The Kier molecular flexibility index (Phi) is 1.69. The Labute approximate surface area is 85.3 Å². The maximum atomic E-state index is 13.5. The van der Waals surface area contributed by atoms with Gasteiger partial charge in [-0.2, -0.15) is 0 Å². The second kappa shape index (κ2) is 2.76. The molecule has 1 N–H and O–H groups in total. The zero-order chi connectivity index (χ0) is 10.6. The van der Waals surface area contributed by atoms with Gasteiger partial charge in [0.25, 0.3) is 0 Å². The van der Waals surface area contributed by atoms with E-state index in [9.17, 15) is 13.2 Å². The lowest BCUT2D eigenvalue weighted by molar-refractivity contribution is 0.433. The fraction of sp³-hybridized carbons (Fsp3) is 0.455. The fourth-order valence-electron chi connectivity index (χ4n) is 2.67. The third-order valence-electron chi connectivity index (χ3n) is 3.63. The topological polar surface area (TPSA) is 12.0 Å². The van der Waals surface area contributed by atoms with Crippen LogP contribution in [0.2, 0.25) is 0 Å². The van der Waals surface area contributed by atoms with Crippen LogP contribution in [-0.4, -0.2) is 13.1 Å². The molecule has 1 aliphatic heterocycles. The van der Waals surface area contributed by atoms with Crippen molar-refractivity contribution in [2.45, 2.75) is 11.8 Å². The van der Waals surface area contributed by atoms with Crippen LogP contribution in [0.15, 0.2) is 12.1 Å². The highest BCUT2D eigenvalue weighted by Gasteiger charge is 2.59. The Morgan fingerprint density at radius 3 is 2.60 bits per heavy atom. The number of nitrogens with one attached hydrogen (secondary N) is 1. The molecule has 1 aromatic rings.